The van der Waals surface area contributed by atoms with Gasteiger partial charge < -0.3 is 19.5 Å². The maximum absolute atomic E-state index is 5.75. The van der Waals surface area contributed by atoms with Crippen molar-refractivity contribution in [2.75, 3.05) is 37.8 Å². The van der Waals surface area contributed by atoms with Crippen molar-refractivity contribution in [2.24, 2.45) is 5.92 Å². The molecule has 1 aromatic carbocycles. The Kier molecular flexibility index (Phi) is 8.25. The summed E-state index contributed by atoms with van der Waals surface area (Å²) in [5.41, 5.74) is 1.03. The maximum Gasteiger partial charge on any atom is 0.173 e. The summed E-state index contributed by atoms with van der Waals surface area (Å²) in [6.45, 7) is 7.55. The molecule has 1 fully saturated rings. The van der Waals surface area contributed by atoms with Crippen LogP contribution in [0.2, 0.25) is 0 Å². The van der Waals surface area contributed by atoms with E-state index < -0.39 is 0 Å². The highest BCUT2D eigenvalue weighted by Gasteiger charge is 2.17. The molecule has 28 heavy (non-hydrogen) atoms. The van der Waals surface area contributed by atoms with Gasteiger partial charge in [-0.3, -0.25) is 0 Å². The van der Waals surface area contributed by atoms with Gasteiger partial charge in [-0.05, 0) is 87.1 Å². The van der Waals surface area contributed by atoms with Crippen molar-refractivity contribution in [1.29, 1.82) is 0 Å². The molecular formula is C22H31N3OS2. The third-order valence-electron chi connectivity index (χ3n) is 5.18. The lowest BCUT2D eigenvalue weighted by Crippen LogP contribution is -2.39. The van der Waals surface area contributed by atoms with Crippen molar-refractivity contribution in [3.63, 3.8) is 0 Å². The number of benzene rings is 1. The number of nitrogens with one attached hydrogen (secondary N) is 1. The highest BCUT2D eigenvalue weighted by atomic mass is 32.2. The summed E-state index contributed by atoms with van der Waals surface area (Å²) in [5, 5.41) is 4.16. The predicted molar refractivity (Wildman–Crippen MR) is 123 cm³/mol. The zero-order valence-corrected chi connectivity index (χ0v) is 18.5. The SMILES string of the molecule is CSc1cccc(NC(=S)N(CCCN2CCC[C@H](C)C2)Cc2ccco2)c1. The highest BCUT2D eigenvalue weighted by Crippen LogP contribution is 2.20. The van der Waals surface area contributed by atoms with Gasteiger partial charge in [0.2, 0.25) is 0 Å². The van der Waals surface area contributed by atoms with Crippen LogP contribution < -0.4 is 5.32 Å². The molecule has 1 saturated heterocycles. The quantitative estimate of drug-likeness (QED) is 0.462. The number of nitrogens with zero attached hydrogens (tertiary/aromatic N) is 2. The minimum absolute atomic E-state index is 0.692. The van der Waals surface area contributed by atoms with Crippen LogP contribution in [-0.2, 0) is 6.54 Å². The fourth-order valence-electron chi connectivity index (χ4n) is 3.72. The van der Waals surface area contributed by atoms with Crippen molar-refractivity contribution in [2.45, 2.75) is 37.6 Å². The lowest BCUT2D eigenvalue weighted by atomic mass is 10.0. The largest absolute Gasteiger partial charge is 0.467 e. The molecule has 0 aliphatic carbocycles. The van der Waals surface area contributed by atoms with E-state index in [1.54, 1.807) is 18.0 Å². The third-order valence-corrected chi connectivity index (χ3v) is 6.26. The Hall–Kier alpha value is -1.50. The van der Waals surface area contributed by atoms with Crippen LogP contribution in [0.3, 0.4) is 0 Å². The van der Waals surface area contributed by atoms with Crippen LogP contribution in [0.15, 0.2) is 52.0 Å². The first-order valence-corrected chi connectivity index (χ1v) is 11.7. The van der Waals surface area contributed by atoms with E-state index >= 15 is 0 Å². The van der Waals surface area contributed by atoms with Crippen molar-refractivity contribution < 1.29 is 4.42 Å². The van der Waals surface area contributed by atoms with Crippen molar-refractivity contribution >= 4 is 34.8 Å². The van der Waals surface area contributed by atoms with Gasteiger partial charge in [-0.1, -0.05) is 13.0 Å². The van der Waals surface area contributed by atoms with E-state index in [1.165, 1.54) is 30.8 Å². The van der Waals surface area contributed by atoms with E-state index in [0.29, 0.717) is 6.54 Å². The first kappa shape index (κ1) is 21.2. The van der Waals surface area contributed by atoms with Gasteiger partial charge >= 0.3 is 0 Å². The molecule has 1 aromatic heterocycles. The molecule has 4 nitrogen and oxygen atoms in total. The number of rotatable bonds is 8. The van der Waals surface area contributed by atoms with Gasteiger partial charge in [0.05, 0.1) is 12.8 Å². The number of piperidine rings is 1. The highest BCUT2D eigenvalue weighted by molar-refractivity contribution is 7.98. The van der Waals surface area contributed by atoms with Gasteiger partial charge in [0, 0.05) is 23.7 Å². The molecule has 6 heteroatoms. The Bertz CT molecular complexity index is 735. The summed E-state index contributed by atoms with van der Waals surface area (Å²) >= 11 is 7.49. The molecule has 2 heterocycles. The summed E-state index contributed by atoms with van der Waals surface area (Å²) in [7, 11) is 0. The molecule has 0 unspecified atom stereocenters. The van der Waals surface area contributed by atoms with E-state index in [2.05, 4.69) is 52.6 Å². The van der Waals surface area contributed by atoms with Crippen LogP contribution in [0.25, 0.3) is 0 Å². The van der Waals surface area contributed by atoms with Gasteiger partial charge in [0.25, 0.3) is 0 Å². The lowest BCUT2D eigenvalue weighted by Gasteiger charge is -2.32. The second kappa shape index (κ2) is 10.9. The Labute approximate surface area is 178 Å². The number of likely N-dealkylation sites (tertiary alicyclic amines) is 1. The monoisotopic (exact) mass is 417 g/mol. The molecule has 0 saturated carbocycles. The van der Waals surface area contributed by atoms with Crippen LogP contribution in [0.4, 0.5) is 5.69 Å². The Morgan fingerprint density at radius 3 is 3.00 bits per heavy atom. The smallest absolute Gasteiger partial charge is 0.173 e. The minimum Gasteiger partial charge on any atom is -0.467 e. The van der Waals surface area contributed by atoms with Gasteiger partial charge in [-0.2, -0.15) is 0 Å². The Morgan fingerprint density at radius 1 is 1.36 bits per heavy atom. The van der Waals surface area contributed by atoms with Crippen LogP contribution in [-0.4, -0.2) is 47.3 Å². The topological polar surface area (TPSA) is 31.6 Å². The summed E-state index contributed by atoms with van der Waals surface area (Å²) < 4.78 is 5.57. The minimum atomic E-state index is 0.692. The molecule has 1 N–H and O–H groups in total. The molecule has 3 rings (SSSR count). The second-order valence-corrected chi connectivity index (χ2v) is 8.83. The standard InChI is InChI=1S/C22H31N3OS2/c1-18-7-4-11-24(16-18)12-6-13-25(17-20-9-5-14-26-20)22(27)23-19-8-3-10-21(15-19)28-2/h3,5,8-10,14-15,18H,4,6-7,11-13,16-17H2,1-2H3,(H,23,27)/t18-/m0/s1. The number of furan rings is 1. The van der Waals surface area contributed by atoms with E-state index in [9.17, 15) is 0 Å². The average Bonchev–Trinajstić information content (AvgIpc) is 3.20. The number of hydrogen-bond donors (Lipinski definition) is 1. The predicted octanol–water partition coefficient (Wildman–Crippen LogP) is 5.32. The normalized spacial score (nSPS) is 17.4. The van der Waals surface area contributed by atoms with E-state index in [-0.39, 0.29) is 0 Å². The molecule has 152 valence electrons. The number of thioether (sulfide) groups is 1. The van der Waals surface area contributed by atoms with E-state index in [1.807, 2.05) is 12.1 Å². The van der Waals surface area contributed by atoms with Gasteiger partial charge in [0.15, 0.2) is 5.11 Å². The lowest BCUT2D eigenvalue weighted by molar-refractivity contribution is 0.177. The Balaban J connectivity index is 1.58. The fraction of sp³-hybridized carbons (Fsp3) is 0.500. The van der Waals surface area contributed by atoms with Crippen molar-refractivity contribution in [3.8, 4) is 0 Å². The van der Waals surface area contributed by atoms with E-state index in [4.69, 9.17) is 16.6 Å². The molecule has 1 aliphatic rings. The van der Waals surface area contributed by atoms with Crippen LogP contribution in [0, 0.1) is 5.92 Å². The molecule has 0 radical (unpaired) electrons. The first-order chi connectivity index (χ1) is 13.6. The fourth-order valence-corrected chi connectivity index (χ4v) is 4.45. The second-order valence-electron chi connectivity index (χ2n) is 7.56. The molecule has 0 bridgehead atoms. The number of hydrogen-bond acceptors (Lipinski definition) is 4. The molecule has 2 aromatic rings. The molecule has 0 spiro atoms. The van der Waals surface area contributed by atoms with Gasteiger partial charge in [-0.15, -0.1) is 11.8 Å². The van der Waals surface area contributed by atoms with Crippen LogP contribution >= 0.6 is 24.0 Å². The third kappa shape index (κ3) is 6.54. The van der Waals surface area contributed by atoms with Gasteiger partial charge in [0.1, 0.15) is 5.76 Å². The summed E-state index contributed by atoms with van der Waals surface area (Å²) in [6, 6.07) is 12.3. The van der Waals surface area contributed by atoms with E-state index in [0.717, 1.165) is 42.0 Å². The molecule has 1 aliphatic heterocycles. The average molecular weight is 418 g/mol. The number of anilines is 1. The van der Waals surface area contributed by atoms with Crippen LogP contribution in [0.5, 0.6) is 0 Å². The Morgan fingerprint density at radius 2 is 2.25 bits per heavy atom. The van der Waals surface area contributed by atoms with Crippen LogP contribution in [0.1, 0.15) is 31.9 Å². The molecule has 1 atom stereocenters. The first-order valence-electron chi connectivity index (χ1n) is 10.1. The summed E-state index contributed by atoms with van der Waals surface area (Å²) in [6.07, 6.45) is 7.59. The number of thiocarbonyl (C=S) groups is 1. The van der Waals surface area contributed by atoms with Crippen molar-refractivity contribution in [1.82, 2.24) is 9.80 Å². The molecule has 0 amide bonds. The molecular weight excluding hydrogens is 386 g/mol. The van der Waals surface area contributed by atoms with Crippen molar-refractivity contribution in [3.05, 3.63) is 48.4 Å². The summed E-state index contributed by atoms with van der Waals surface area (Å²) in [4.78, 5) is 6.04. The zero-order valence-electron chi connectivity index (χ0n) is 16.9. The zero-order chi connectivity index (χ0) is 19.8. The maximum atomic E-state index is 5.75. The van der Waals surface area contributed by atoms with Gasteiger partial charge in [-0.25, -0.2) is 0 Å². The summed E-state index contributed by atoms with van der Waals surface area (Å²) in [5.74, 6) is 1.76.